The van der Waals surface area contributed by atoms with Gasteiger partial charge in [0.1, 0.15) is 0 Å². The Bertz CT molecular complexity index is 1230. The number of hydrogen-bond donors (Lipinski definition) is 1. The number of fused-ring (bicyclic) bond motifs is 1. The van der Waals surface area contributed by atoms with Crippen LogP contribution in [0.4, 0.5) is 11.4 Å². The Kier molecular flexibility index (Phi) is 5.01. The van der Waals surface area contributed by atoms with Gasteiger partial charge in [0.15, 0.2) is 0 Å². The molecule has 1 amide bonds. The fourth-order valence-electron chi connectivity index (χ4n) is 6.35. The van der Waals surface area contributed by atoms with Gasteiger partial charge >= 0.3 is 0 Å². The molecular weight excluding hydrogens is 436 g/mol. The second kappa shape index (κ2) is 8.26. The number of nitrogens with one attached hydrogen (secondary N) is 1. The minimum absolute atomic E-state index is 0.306. The van der Waals surface area contributed by atoms with Crippen LogP contribution in [0.5, 0.6) is 0 Å². The maximum absolute atomic E-state index is 12.4. The molecule has 2 aromatic heterocycles. The molecule has 3 aromatic rings. The summed E-state index contributed by atoms with van der Waals surface area (Å²) < 4.78 is 2.00. The van der Waals surface area contributed by atoms with Gasteiger partial charge < -0.3 is 20.0 Å². The first-order valence-electron chi connectivity index (χ1n) is 13.2. The zero-order valence-corrected chi connectivity index (χ0v) is 20.3. The van der Waals surface area contributed by atoms with Crippen LogP contribution < -0.4 is 15.1 Å². The second-order valence-electron chi connectivity index (χ2n) is 11.0. The number of benzene rings is 1. The fourth-order valence-corrected chi connectivity index (χ4v) is 6.35. The number of rotatable bonds is 4. The molecule has 7 nitrogen and oxygen atoms in total. The molecule has 4 fully saturated rings. The van der Waals surface area contributed by atoms with E-state index in [9.17, 15) is 4.79 Å². The minimum Gasteiger partial charge on any atom is -0.371 e. The molecule has 35 heavy (non-hydrogen) atoms. The summed E-state index contributed by atoms with van der Waals surface area (Å²) in [6.45, 7) is 8.03. The van der Waals surface area contributed by atoms with Gasteiger partial charge in [0.25, 0.3) is 0 Å². The topological polar surface area (TPSA) is 56.1 Å². The molecular formula is C28H34N6O. The molecule has 182 valence electrons. The van der Waals surface area contributed by atoms with Crippen molar-refractivity contribution >= 4 is 22.8 Å². The van der Waals surface area contributed by atoms with Crippen LogP contribution in [0.2, 0.25) is 0 Å². The maximum atomic E-state index is 12.4. The summed E-state index contributed by atoms with van der Waals surface area (Å²) in [7, 11) is 0. The van der Waals surface area contributed by atoms with Gasteiger partial charge in [-0.1, -0.05) is 12.1 Å². The number of carbonyl (C=O) groups is 1. The zero-order valence-electron chi connectivity index (χ0n) is 20.3. The van der Waals surface area contributed by atoms with Crippen LogP contribution in [0, 0.1) is 11.3 Å². The van der Waals surface area contributed by atoms with Crippen LogP contribution >= 0.6 is 0 Å². The zero-order chi connectivity index (χ0) is 23.4. The summed E-state index contributed by atoms with van der Waals surface area (Å²) in [5.74, 6) is 0.669. The SMILES string of the molecule is O=C(C1CC1)N1CCN(c2ccnn3cc(-c4ccc(N5CCC6(CCNC6)C5)cc4)cc23)CC1. The van der Waals surface area contributed by atoms with Crippen molar-refractivity contribution in [3.05, 3.63) is 48.8 Å². The molecule has 0 bridgehead atoms. The molecule has 7 rings (SSSR count). The van der Waals surface area contributed by atoms with E-state index in [0.717, 1.165) is 51.1 Å². The smallest absolute Gasteiger partial charge is 0.225 e. The molecule has 1 atom stereocenters. The standard InChI is InChI=1S/C28H34N6O/c35-27(22-1-2-22)32-15-13-31(14-16-32)25-7-10-30-34-18-23(17-26(25)34)21-3-5-24(6-4-21)33-12-9-28(20-33)8-11-29-19-28/h3-7,10,17-18,22,29H,1-2,8-9,11-16,19-20H2. The average Bonchev–Trinajstić information content (AvgIpc) is 3.30. The normalized spacial score (nSPS) is 24.7. The van der Waals surface area contributed by atoms with Crippen molar-refractivity contribution in [3.63, 3.8) is 0 Å². The predicted molar refractivity (Wildman–Crippen MR) is 139 cm³/mol. The van der Waals surface area contributed by atoms with Crippen molar-refractivity contribution in [2.24, 2.45) is 11.3 Å². The summed E-state index contributed by atoms with van der Waals surface area (Å²) in [5.41, 5.74) is 6.56. The van der Waals surface area contributed by atoms with E-state index in [1.54, 1.807) is 0 Å². The predicted octanol–water partition coefficient (Wildman–Crippen LogP) is 3.25. The van der Waals surface area contributed by atoms with Gasteiger partial charge in [-0.2, -0.15) is 5.10 Å². The summed E-state index contributed by atoms with van der Waals surface area (Å²) in [6.07, 6.45) is 8.78. The molecule has 1 N–H and O–H groups in total. The summed E-state index contributed by atoms with van der Waals surface area (Å²) in [5, 5.41) is 8.15. The molecule has 5 heterocycles. The van der Waals surface area contributed by atoms with Crippen LogP contribution in [0.25, 0.3) is 16.6 Å². The molecule has 1 aromatic carbocycles. The van der Waals surface area contributed by atoms with Gasteiger partial charge in [0.2, 0.25) is 5.91 Å². The summed E-state index contributed by atoms with van der Waals surface area (Å²) in [4.78, 5) is 19.5. The third kappa shape index (κ3) is 3.86. The molecule has 1 saturated carbocycles. The highest BCUT2D eigenvalue weighted by Gasteiger charge is 2.40. The number of amides is 1. The first-order chi connectivity index (χ1) is 17.2. The van der Waals surface area contributed by atoms with Crippen molar-refractivity contribution in [3.8, 4) is 11.1 Å². The highest BCUT2D eigenvalue weighted by atomic mass is 16.2. The Balaban J connectivity index is 1.08. The number of aromatic nitrogens is 2. The quantitative estimate of drug-likeness (QED) is 0.635. The summed E-state index contributed by atoms with van der Waals surface area (Å²) >= 11 is 0. The molecule has 3 saturated heterocycles. The maximum Gasteiger partial charge on any atom is 0.225 e. The van der Waals surface area contributed by atoms with E-state index < -0.39 is 0 Å². The van der Waals surface area contributed by atoms with Gasteiger partial charge in [0.05, 0.1) is 11.2 Å². The van der Waals surface area contributed by atoms with E-state index in [1.807, 2.05) is 10.7 Å². The second-order valence-corrected chi connectivity index (χ2v) is 11.0. The Labute approximate surface area is 206 Å². The summed E-state index contributed by atoms with van der Waals surface area (Å²) in [6, 6.07) is 13.4. The Hall–Kier alpha value is -3.06. The average molecular weight is 471 g/mol. The van der Waals surface area contributed by atoms with Crippen LogP contribution in [0.1, 0.15) is 25.7 Å². The lowest BCUT2D eigenvalue weighted by atomic mass is 9.86. The van der Waals surface area contributed by atoms with E-state index in [0.29, 0.717) is 17.2 Å². The number of nitrogens with zero attached hydrogens (tertiary/aromatic N) is 5. The molecule has 4 aliphatic rings. The van der Waals surface area contributed by atoms with Crippen molar-refractivity contribution in [1.82, 2.24) is 19.8 Å². The van der Waals surface area contributed by atoms with Gasteiger partial charge in [-0.25, -0.2) is 4.52 Å². The number of anilines is 2. The Morgan fingerprint density at radius 2 is 1.77 bits per heavy atom. The van der Waals surface area contributed by atoms with E-state index >= 15 is 0 Å². The fraction of sp³-hybridized carbons (Fsp3) is 0.500. The van der Waals surface area contributed by atoms with Crippen molar-refractivity contribution < 1.29 is 4.79 Å². The highest BCUT2D eigenvalue weighted by molar-refractivity contribution is 5.82. The third-order valence-corrected chi connectivity index (χ3v) is 8.68. The number of hydrogen-bond acceptors (Lipinski definition) is 5. The van der Waals surface area contributed by atoms with E-state index in [2.05, 4.69) is 67.7 Å². The monoisotopic (exact) mass is 470 g/mol. The Morgan fingerprint density at radius 3 is 2.51 bits per heavy atom. The Morgan fingerprint density at radius 1 is 0.943 bits per heavy atom. The van der Waals surface area contributed by atoms with Gasteiger partial charge in [0, 0.05) is 80.8 Å². The third-order valence-electron chi connectivity index (χ3n) is 8.68. The van der Waals surface area contributed by atoms with E-state index in [4.69, 9.17) is 0 Å². The largest absolute Gasteiger partial charge is 0.371 e. The molecule has 7 heteroatoms. The minimum atomic E-state index is 0.306. The van der Waals surface area contributed by atoms with E-state index in [1.165, 1.54) is 55.0 Å². The molecule has 3 aliphatic heterocycles. The van der Waals surface area contributed by atoms with Gasteiger partial charge in [-0.05, 0) is 62.1 Å². The van der Waals surface area contributed by atoms with Crippen molar-refractivity contribution in [2.45, 2.75) is 25.7 Å². The van der Waals surface area contributed by atoms with Crippen LogP contribution in [0.3, 0.4) is 0 Å². The highest BCUT2D eigenvalue weighted by Crippen LogP contribution is 2.39. The lowest BCUT2D eigenvalue weighted by molar-refractivity contribution is -0.132. The van der Waals surface area contributed by atoms with Crippen LogP contribution in [0.15, 0.2) is 48.8 Å². The number of piperazine rings is 1. The van der Waals surface area contributed by atoms with Crippen molar-refractivity contribution in [1.29, 1.82) is 0 Å². The first kappa shape index (κ1) is 21.2. The van der Waals surface area contributed by atoms with Gasteiger partial charge in [-0.3, -0.25) is 4.79 Å². The first-order valence-corrected chi connectivity index (χ1v) is 13.2. The lowest BCUT2D eigenvalue weighted by Crippen LogP contribution is -2.49. The molecule has 1 aliphatic carbocycles. The van der Waals surface area contributed by atoms with Crippen LogP contribution in [-0.2, 0) is 4.79 Å². The lowest BCUT2D eigenvalue weighted by Gasteiger charge is -2.36. The van der Waals surface area contributed by atoms with E-state index in [-0.39, 0.29) is 0 Å². The van der Waals surface area contributed by atoms with Crippen LogP contribution in [-0.4, -0.2) is 72.8 Å². The molecule has 1 spiro atoms. The molecule has 0 radical (unpaired) electrons. The van der Waals surface area contributed by atoms with Gasteiger partial charge in [-0.15, -0.1) is 0 Å². The number of carbonyl (C=O) groups excluding carboxylic acids is 1. The van der Waals surface area contributed by atoms with Crippen molar-refractivity contribution in [2.75, 3.05) is 62.2 Å². The molecule has 1 unspecified atom stereocenters.